The zero-order valence-corrected chi connectivity index (χ0v) is 12.1. The molecule has 106 valence electrons. The number of fused-ring (bicyclic) bond motifs is 1. The van der Waals surface area contributed by atoms with E-state index >= 15 is 0 Å². The van der Waals surface area contributed by atoms with Crippen LogP contribution >= 0.6 is 0 Å². The molecule has 0 amide bonds. The van der Waals surface area contributed by atoms with Crippen LogP contribution in [-0.2, 0) is 6.42 Å². The standard InChI is InChI=1S/C18H17NO2/c1-12-7-3-4-8-14(12)11-16-13(2)19(21)17-10-6-5-9-15(17)18(16)20/h3-10,21H,11H2,1-2H3. The van der Waals surface area contributed by atoms with Crippen molar-refractivity contribution in [1.29, 1.82) is 0 Å². The maximum atomic E-state index is 12.7. The van der Waals surface area contributed by atoms with Gasteiger partial charge in [-0.25, -0.2) is 0 Å². The maximum Gasteiger partial charge on any atom is 0.193 e. The Hall–Kier alpha value is -2.55. The highest BCUT2D eigenvalue weighted by molar-refractivity contribution is 5.79. The fourth-order valence-electron chi connectivity index (χ4n) is 2.69. The van der Waals surface area contributed by atoms with Gasteiger partial charge in [0.15, 0.2) is 5.43 Å². The molecule has 0 bridgehead atoms. The molecule has 0 atom stereocenters. The molecule has 21 heavy (non-hydrogen) atoms. The molecule has 3 nitrogen and oxygen atoms in total. The Labute approximate surface area is 123 Å². The summed E-state index contributed by atoms with van der Waals surface area (Å²) < 4.78 is 1.12. The van der Waals surface area contributed by atoms with Crippen LogP contribution in [0.4, 0.5) is 0 Å². The third-order valence-electron chi connectivity index (χ3n) is 4.03. The summed E-state index contributed by atoms with van der Waals surface area (Å²) in [5, 5.41) is 10.8. The predicted octanol–water partition coefficient (Wildman–Crippen LogP) is 3.45. The average Bonchev–Trinajstić information content (AvgIpc) is 2.51. The number of rotatable bonds is 2. The maximum absolute atomic E-state index is 12.7. The minimum Gasteiger partial charge on any atom is -0.428 e. The molecule has 1 heterocycles. The predicted molar refractivity (Wildman–Crippen MR) is 84.1 cm³/mol. The van der Waals surface area contributed by atoms with Crippen LogP contribution in [0.1, 0.15) is 22.4 Å². The molecular formula is C18H17NO2. The number of para-hydroxylation sites is 1. The summed E-state index contributed by atoms with van der Waals surface area (Å²) in [5.74, 6) is 0. The first-order valence-corrected chi connectivity index (χ1v) is 6.96. The quantitative estimate of drug-likeness (QED) is 0.730. The van der Waals surface area contributed by atoms with Crippen molar-refractivity contribution in [2.24, 2.45) is 0 Å². The van der Waals surface area contributed by atoms with Gasteiger partial charge in [-0.05, 0) is 37.1 Å². The Balaban J connectivity index is 2.24. The molecular weight excluding hydrogens is 262 g/mol. The Kier molecular flexibility index (Phi) is 3.26. The van der Waals surface area contributed by atoms with Crippen LogP contribution in [0.15, 0.2) is 53.3 Å². The second kappa shape index (κ2) is 5.09. The highest BCUT2D eigenvalue weighted by Gasteiger charge is 2.14. The molecule has 0 saturated heterocycles. The van der Waals surface area contributed by atoms with Crippen LogP contribution in [0, 0.1) is 13.8 Å². The van der Waals surface area contributed by atoms with Crippen LogP contribution in [0.5, 0.6) is 0 Å². The van der Waals surface area contributed by atoms with E-state index in [2.05, 4.69) is 0 Å². The summed E-state index contributed by atoms with van der Waals surface area (Å²) in [4.78, 5) is 12.7. The van der Waals surface area contributed by atoms with E-state index in [1.54, 1.807) is 19.1 Å². The summed E-state index contributed by atoms with van der Waals surface area (Å²) in [5.41, 5.74) is 4.04. The fourth-order valence-corrected chi connectivity index (χ4v) is 2.69. The SMILES string of the molecule is Cc1ccccc1Cc1c(C)n(O)c2ccccc2c1=O. The fraction of sp³-hybridized carbons (Fsp3) is 0.167. The van der Waals surface area contributed by atoms with Crippen LogP contribution in [0.2, 0.25) is 0 Å². The molecule has 0 unspecified atom stereocenters. The Morgan fingerprint density at radius 1 is 1.00 bits per heavy atom. The average molecular weight is 279 g/mol. The number of aromatic nitrogens is 1. The first-order chi connectivity index (χ1) is 10.1. The minimum absolute atomic E-state index is 0.00310. The van der Waals surface area contributed by atoms with E-state index in [9.17, 15) is 10.0 Å². The molecule has 0 radical (unpaired) electrons. The molecule has 2 aromatic carbocycles. The first kappa shape index (κ1) is 13.4. The lowest BCUT2D eigenvalue weighted by Gasteiger charge is -2.13. The largest absolute Gasteiger partial charge is 0.428 e. The van der Waals surface area contributed by atoms with E-state index in [0.29, 0.717) is 28.6 Å². The Morgan fingerprint density at radius 2 is 1.67 bits per heavy atom. The summed E-state index contributed by atoms with van der Waals surface area (Å²) in [6, 6.07) is 15.1. The first-order valence-electron chi connectivity index (χ1n) is 6.96. The van der Waals surface area contributed by atoms with Crippen molar-refractivity contribution in [1.82, 2.24) is 4.73 Å². The molecule has 0 aliphatic rings. The number of benzene rings is 2. The molecule has 0 fully saturated rings. The Bertz CT molecular complexity index is 878. The van der Waals surface area contributed by atoms with Gasteiger partial charge >= 0.3 is 0 Å². The summed E-state index contributed by atoms with van der Waals surface area (Å²) in [6.07, 6.45) is 0.530. The van der Waals surface area contributed by atoms with Crippen LogP contribution in [0.25, 0.3) is 10.9 Å². The third kappa shape index (κ3) is 2.21. The van der Waals surface area contributed by atoms with E-state index in [0.717, 1.165) is 15.9 Å². The van der Waals surface area contributed by atoms with Gasteiger partial charge in [-0.1, -0.05) is 36.4 Å². The van der Waals surface area contributed by atoms with Gasteiger partial charge in [-0.2, -0.15) is 4.73 Å². The van der Waals surface area contributed by atoms with Crippen molar-refractivity contribution >= 4 is 10.9 Å². The number of pyridine rings is 1. The lowest BCUT2D eigenvalue weighted by molar-refractivity contribution is 0.190. The van der Waals surface area contributed by atoms with E-state index in [1.807, 2.05) is 43.3 Å². The van der Waals surface area contributed by atoms with E-state index < -0.39 is 0 Å². The number of nitrogens with zero attached hydrogens (tertiary/aromatic N) is 1. The summed E-state index contributed by atoms with van der Waals surface area (Å²) in [6.45, 7) is 3.81. The van der Waals surface area contributed by atoms with E-state index in [4.69, 9.17) is 0 Å². The summed E-state index contributed by atoms with van der Waals surface area (Å²) >= 11 is 0. The molecule has 0 saturated carbocycles. The zero-order valence-electron chi connectivity index (χ0n) is 12.1. The second-order valence-electron chi connectivity index (χ2n) is 5.33. The van der Waals surface area contributed by atoms with Crippen molar-refractivity contribution in [3.8, 4) is 0 Å². The normalized spacial score (nSPS) is 11.0. The molecule has 0 spiro atoms. The van der Waals surface area contributed by atoms with Gasteiger partial charge in [0, 0.05) is 17.4 Å². The van der Waals surface area contributed by atoms with Gasteiger partial charge in [0.1, 0.15) is 0 Å². The van der Waals surface area contributed by atoms with E-state index in [-0.39, 0.29) is 5.43 Å². The smallest absolute Gasteiger partial charge is 0.193 e. The third-order valence-corrected chi connectivity index (χ3v) is 4.03. The molecule has 0 aliphatic carbocycles. The number of hydrogen-bond acceptors (Lipinski definition) is 2. The van der Waals surface area contributed by atoms with Crippen molar-refractivity contribution < 1.29 is 5.21 Å². The van der Waals surface area contributed by atoms with Gasteiger partial charge in [-0.3, -0.25) is 4.79 Å². The molecule has 0 aliphatic heterocycles. The van der Waals surface area contributed by atoms with Gasteiger partial charge in [0.05, 0.1) is 11.2 Å². The van der Waals surface area contributed by atoms with Crippen LogP contribution < -0.4 is 5.43 Å². The van der Waals surface area contributed by atoms with Gasteiger partial charge in [0.25, 0.3) is 0 Å². The molecule has 1 N–H and O–H groups in total. The van der Waals surface area contributed by atoms with Crippen molar-refractivity contribution in [3.05, 3.63) is 81.1 Å². The van der Waals surface area contributed by atoms with Crippen molar-refractivity contribution in [3.63, 3.8) is 0 Å². The highest BCUT2D eigenvalue weighted by atomic mass is 16.5. The highest BCUT2D eigenvalue weighted by Crippen LogP contribution is 2.18. The lowest BCUT2D eigenvalue weighted by Crippen LogP contribution is -2.18. The Morgan fingerprint density at radius 3 is 2.43 bits per heavy atom. The second-order valence-corrected chi connectivity index (χ2v) is 5.33. The molecule has 3 rings (SSSR count). The van der Waals surface area contributed by atoms with Crippen LogP contribution in [-0.4, -0.2) is 9.94 Å². The number of aryl methyl sites for hydroxylation is 1. The van der Waals surface area contributed by atoms with Crippen molar-refractivity contribution in [2.75, 3.05) is 0 Å². The van der Waals surface area contributed by atoms with Crippen molar-refractivity contribution in [2.45, 2.75) is 20.3 Å². The summed E-state index contributed by atoms with van der Waals surface area (Å²) in [7, 11) is 0. The van der Waals surface area contributed by atoms with E-state index in [1.165, 1.54) is 0 Å². The van der Waals surface area contributed by atoms with Gasteiger partial charge < -0.3 is 5.21 Å². The number of hydrogen-bond donors (Lipinski definition) is 1. The van der Waals surface area contributed by atoms with Gasteiger partial charge in [0.2, 0.25) is 0 Å². The van der Waals surface area contributed by atoms with Gasteiger partial charge in [-0.15, -0.1) is 0 Å². The molecule has 3 heteroatoms. The monoisotopic (exact) mass is 279 g/mol. The zero-order chi connectivity index (χ0) is 15.0. The topological polar surface area (TPSA) is 42.2 Å². The van der Waals surface area contributed by atoms with Crippen LogP contribution in [0.3, 0.4) is 0 Å². The lowest BCUT2D eigenvalue weighted by atomic mass is 9.98. The molecule has 3 aromatic rings. The molecule has 1 aromatic heterocycles. The minimum atomic E-state index is -0.00310.